The van der Waals surface area contributed by atoms with Crippen LogP contribution >= 0.6 is 0 Å². The molecule has 0 bridgehead atoms. The second-order valence-electron chi connectivity index (χ2n) is 4.07. The van der Waals surface area contributed by atoms with Crippen LogP contribution in [0.1, 0.15) is 10.5 Å². The van der Waals surface area contributed by atoms with Crippen LogP contribution in [0, 0.1) is 0 Å². The molecule has 0 saturated heterocycles. The SMILES string of the molecule is C=CCNC(=O)Cn1c(C(=O)O)cc2ccccc21. The fourth-order valence-corrected chi connectivity index (χ4v) is 1.94. The third-order valence-corrected chi connectivity index (χ3v) is 2.77. The normalized spacial score (nSPS) is 10.3. The van der Waals surface area contributed by atoms with E-state index in [4.69, 9.17) is 0 Å². The third-order valence-electron chi connectivity index (χ3n) is 2.77. The number of benzene rings is 1. The molecule has 0 saturated carbocycles. The van der Waals surface area contributed by atoms with Crippen molar-refractivity contribution in [3.8, 4) is 0 Å². The van der Waals surface area contributed by atoms with Gasteiger partial charge in [0.25, 0.3) is 0 Å². The van der Waals surface area contributed by atoms with E-state index in [1.807, 2.05) is 18.2 Å². The Morgan fingerprint density at radius 3 is 2.79 bits per heavy atom. The van der Waals surface area contributed by atoms with Gasteiger partial charge in [-0.3, -0.25) is 4.79 Å². The maximum absolute atomic E-state index is 11.7. The summed E-state index contributed by atoms with van der Waals surface area (Å²) in [5, 5.41) is 12.6. The molecule has 0 atom stereocenters. The van der Waals surface area contributed by atoms with Crippen molar-refractivity contribution in [3.63, 3.8) is 0 Å². The van der Waals surface area contributed by atoms with Crippen molar-refractivity contribution >= 4 is 22.8 Å². The molecule has 1 aromatic carbocycles. The Bertz CT molecular complexity index is 643. The number of nitrogens with one attached hydrogen (secondary N) is 1. The van der Waals surface area contributed by atoms with Crippen LogP contribution in [0.4, 0.5) is 0 Å². The molecular weight excluding hydrogens is 244 g/mol. The van der Waals surface area contributed by atoms with Gasteiger partial charge in [0.15, 0.2) is 0 Å². The van der Waals surface area contributed by atoms with Gasteiger partial charge in [0.05, 0.1) is 0 Å². The molecule has 0 radical (unpaired) electrons. The summed E-state index contributed by atoms with van der Waals surface area (Å²) in [6.07, 6.45) is 1.57. The zero-order valence-corrected chi connectivity index (χ0v) is 10.3. The first-order valence-corrected chi connectivity index (χ1v) is 5.82. The van der Waals surface area contributed by atoms with E-state index in [0.717, 1.165) is 10.9 Å². The molecular formula is C14H14N2O3. The van der Waals surface area contributed by atoms with E-state index in [1.54, 1.807) is 18.2 Å². The quantitative estimate of drug-likeness (QED) is 0.801. The Hall–Kier alpha value is -2.56. The first-order valence-electron chi connectivity index (χ1n) is 5.82. The minimum absolute atomic E-state index is 0.0248. The van der Waals surface area contributed by atoms with Gasteiger partial charge >= 0.3 is 5.97 Å². The van der Waals surface area contributed by atoms with Crippen LogP contribution in [-0.2, 0) is 11.3 Å². The highest BCUT2D eigenvalue weighted by Crippen LogP contribution is 2.19. The van der Waals surface area contributed by atoms with Crippen LogP contribution in [0.5, 0.6) is 0 Å². The first-order chi connectivity index (χ1) is 9.13. The van der Waals surface area contributed by atoms with Gasteiger partial charge < -0.3 is 15.0 Å². The number of aromatic nitrogens is 1. The number of hydrogen-bond donors (Lipinski definition) is 2. The molecule has 2 aromatic rings. The first kappa shape index (κ1) is 12.9. The smallest absolute Gasteiger partial charge is 0.352 e. The zero-order chi connectivity index (χ0) is 13.8. The van der Waals surface area contributed by atoms with E-state index in [2.05, 4.69) is 11.9 Å². The van der Waals surface area contributed by atoms with Crippen LogP contribution in [0.15, 0.2) is 43.0 Å². The maximum atomic E-state index is 11.7. The molecule has 0 fully saturated rings. The van der Waals surface area contributed by atoms with Crippen molar-refractivity contribution in [1.82, 2.24) is 9.88 Å². The molecule has 19 heavy (non-hydrogen) atoms. The summed E-state index contributed by atoms with van der Waals surface area (Å²) >= 11 is 0. The summed E-state index contributed by atoms with van der Waals surface area (Å²) in [6.45, 7) is 3.85. The van der Waals surface area contributed by atoms with Crippen molar-refractivity contribution in [3.05, 3.63) is 48.7 Å². The molecule has 1 amide bonds. The number of amides is 1. The largest absolute Gasteiger partial charge is 0.477 e. The van der Waals surface area contributed by atoms with E-state index < -0.39 is 5.97 Å². The van der Waals surface area contributed by atoms with Crippen LogP contribution in [-0.4, -0.2) is 28.1 Å². The van der Waals surface area contributed by atoms with Gasteiger partial charge in [-0.15, -0.1) is 6.58 Å². The maximum Gasteiger partial charge on any atom is 0.352 e. The fraction of sp³-hybridized carbons (Fsp3) is 0.143. The van der Waals surface area contributed by atoms with E-state index in [0.29, 0.717) is 6.54 Å². The number of nitrogens with zero attached hydrogens (tertiary/aromatic N) is 1. The second-order valence-corrected chi connectivity index (χ2v) is 4.07. The Kier molecular flexibility index (Phi) is 3.66. The Morgan fingerprint density at radius 2 is 2.11 bits per heavy atom. The van der Waals surface area contributed by atoms with Crippen molar-refractivity contribution in [2.24, 2.45) is 0 Å². The third kappa shape index (κ3) is 2.65. The zero-order valence-electron chi connectivity index (χ0n) is 10.3. The summed E-state index contributed by atoms with van der Waals surface area (Å²) in [4.78, 5) is 22.9. The van der Waals surface area contributed by atoms with Crippen LogP contribution < -0.4 is 5.32 Å². The average Bonchev–Trinajstić information content (AvgIpc) is 2.76. The minimum atomic E-state index is -1.05. The predicted octanol–water partition coefficient (Wildman–Crippen LogP) is 1.64. The molecule has 5 nitrogen and oxygen atoms in total. The molecule has 2 rings (SSSR count). The van der Waals surface area contributed by atoms with E-state index in [-0.39, 0.29) is 18.1 Å². The summed E-state index contributed by atoms with van der Waals surface area (Å²) in [5.74, 6) is -1.29. The number of carboxylic acids is 1. The van der Waals surface area contributed by atoms with Gasteiger partial charge in [-0.25, -0.2) is 4.79 Å². The second kappa shape index (κ2) is 5.39. The number of carboxylic acid groups (broad SMARTS) is 1. The number of carbonyl (C=O) groups is 2. The lowest BCUT2D eigenvalue weighted by molar-refractivity contribution is -0.121. The predicted molar refractivity (Wildman–Crippen MR) is 72.1 cm³/mol. The summed E-state index contributed by atoms with van der Waals surface area (Å²) in [6, 6.07) is 8.82. The summed E-state index contributed by atoms with van der Waals surface area (Å²) < 4.78 is 1.50. The summed E-state index contributed by atoms with van der Waals surface area (Å²) in [5.41, 5.74) is 0.837. The number of fused-ring (bicyclic) bond motifs is 1. The molecule has 5 heteroatoms. The fourth-order valence-electron chi connectivity index (χ4n) is 1.94. The number of hydrogen-bond acceptors (Lipinski definition) is 2. The molecule has 0 unspecified atom stereocenters. The lowest BCUT2D eigenvalue weighted by atomic mass is 10.2. The van der Waals surface area contributed by atoms with Gasteiger partial charge in [-0.1, -0.05) is 24.3 Å². The van der Waals surface area contributed by atoms with Crippen molar-refractivity contribution in [2.75, 3.05) is 6.54 Å². The van der Waals surface area contributed by atoms with Gasteiger partial charge in [0.2, 0.25) is 5.91 Å². The molecule has 1 heterocycles. The topological polar surface area (TPSA) is 71.3 Å². The van der Waals surface area contributed by atoms with Crippen LogP contribution in [0.25, 0.3) is 10.9 Å². The van der Waals surface area contributed by atoms with Crippen molar-refractivity contribution in [1.29, 1.82) is 0 Å². The molecule has 2 N–H and O–H groups in total. The number of aromatic carboxylic acids is 1. The van der Waals surface area contributed by atoms with E-state index >= 15 is 0 Å². The number of rotatable bonds is 5. The van der Waals surface area contributed by atoms with Crippen molar-refractivity contribution < 1.29 is 14.7 Å². The number of para-hydroxylation sites is 1. The van der Waals surface area contributed by atoms with E-state index in [9.17, 15) is 14.7 Å². The molecule has 0 aliphatic rings. The van der Waals surface area contributed by atoms with Crippen LogP contribution in [0.2, 0.25) is 0 Å². The summed E-state index contributed by atoms with van der Waals surface area (Å²) in [7, 11) is 0. The lowest BCUT2D eigenvalue weighted by Crippen LogP contribution is -2.28. The molecule has 1 aromatic heterocycles. The highest BCUT2D eigenvalue weighted by atomic mass is 16.4. The standard InChI is InChI=1S/C14H14N2O3/c1-2-7-15-13(17)9-16-11-6-4-3-5-10(11)8-12(16)14(18)19/h2-6,8H,1,7,9H2,(H,15,17)(H,18,19). The van der Waals surface area contributed by atoms with Gasteiger partial charge in [-0.05, 0) is 12.1 Å². The van der Waals surface area contributed by atoms with Crippen LogP contribution in [0.3, 0.4) is 0 Å². The number of carbonyl (C=O) groups excluding carboxylic acids is 1. The Balaban J connectivity index is 2.39. The molecule has 0 aliphatic heterocycles. The molecule has 98 valence electrons. The Morgan fingerprint density at radius 1 is 1.37 bits per heavy atom. The highest BCUT2D eigenvalue weighted by Gasteiger charge is 2.16. The van der Waals surface area contributed by atoms with E-state index in [1.165, 1.54) is 4.57 Å². The van der Waals surface area contributed by atoms with Gasteiger partial charge in [0, 0.05) is 17.4 Å². The minimum Gasteiger partial charge on any atom is -0.477 e. The highest BCUT2D eigenvalue weighted by molar-refractivity contribution is 5.95. The van der Waals surface area contributed by atoms with Gasteiger partial charge in [-0.2, -0.15) is 0 Å². The monoisotopic (exact) mass is 258 g/mol. The lowest BCUT2D eigenvalue weighted by Gasteiger charge is -2.08. The Labute approximate surface area is 110 Å². The van der Waals surface area contributed by atoms with Gasteiger partial charge in [0.1, 0.15) is 12.2 Å². The average molecular weight is 258 g/mol. The van der Waals surface area contributed by atoms with Crippen molar-refractivity contribution in [2.45, 2.75) is 6.54 Å². The molecule has 0 spiro atoms. The molecule has 0 aliphatic carbocycles.